The molecule has 0 amide bonds. The number of carbonyl (C=O) groups is 1. The highest BCUT2D eigenvalue weighted by molar-refractivity contribution is 5.92. The first-order valence-corrected chi connectivity index (χ1v) is 7.00. The lowest BCUT2D eigenvalue weighted by Gasteiger charge is -2.09. The molecule has 0 saturated heterocycles. The van der Waals surface area contributed by atoms with Gasteiger partial charge in [-0.2, -0.15) is 0 Å². The second-order valence-corrected chi connectivity index (χ2v) is 4.46. The van der Waals surface area contributed by atoms with Crippen LogP contribution in [-0.2, 0) is 24.2 Å². The van der Waals surface area contributed by atoms with Crippen molar-refractivity contribution in [3.8, 4) is 0 Å². The van der Waals surface area contributed by atoms with E-state index in [0.29, 0.717) is 18.8 Å². The van der Waals surface area contributed by atoms with E-state index in [1.165, 1.54) is 0 Å². The van der Waals surface area contributed by atoms with Crippen molar-refractivity contribution in [2.45, 2.75) is 40.3 Å². The summed E-state index contributed by atoms with van der Waals surface area (Å²) in [5.41, 5.74) is 6.22. The number of imidazole rings is 1. The topological polar surface area (TPSA) is 101 Å². The number of nitrogens with two attached hydrogens (primary N) is 1. The van der Waals surface area contributed by atoms with E-state index in [1.54, 1.807) is 17.8 Å². The van der Waals surface area contributed by atoms with Crippen molar-refractivity contribution in [3.63, 3.8) is 0 Å². The van der Waals surface area contributed by atoms with E-state index < -0.39 is 5.97 Å². The second kappa shape index (κ2) is 6.38. The number of carbonyl (C=O) groups excluding carboxylic acids is 1. The summed E-state index contributed by atoms with van der Waals surface area (Å²) < 4.78 is 8.67. The first-order chi connectivity index (χ1) is 10.1. The zero-order chi connectivity index (χ0) is 15.4. The van der Waals surface area contributed by atoms with Gasteiger partial charge in [-0.25, -0.2) is 9.78 Å². The smallest absolute Gasteiger partial charge is 0.360 e. The first-order valence-electron chi connectivity index (χ1n) is 7.00. The summed E-state index contributed by atoms with van der Waals surface area (Å²) in [4.78, 5) is 16.2. The van der Waals surface area contributed by atoms with Crippen LogP contribution in [0.4, 0.5) is 5.82 Å². The highest BCUT2D eigenvalue weighted by atomic mass is 16.5. The lowest BCUT2D eigenvalue weighted by molar-refractivity contribution is 0.0521. The molecule has 0 bridgehead atoms. The maximum atomic E-state index is 11.9. The van der Waals surface area contributed by atoms with Gasteiger partial charge in [0.25, 0.3) is 0 Å². The molecule has 2 heterocycles. The average molecular weight is 292 g/mol. The largest absolute Gasteiger partial charge is 0.461 e. The molecule has 2 aromatic rings. The van der Waals surface area contributed by atoms with Gasteiger partial charge in [0.15, 0.2) is 11.5 Å². The Labute approximate surface area is 122 Å². The molecule has 2 aromatic heterocycles. The molecular weight excluding hydrogens is 272 g/mol. The Morgan fingerprint density at radius 1 is 1.33 bits per heavy atom. The summed E-state index contributed by atoms with van der Waals surface area (Å²) in [6.45, 7) is 7.19. The molecule has 0 unspecified atom stereocenters. The number of esters is 1. The Balaban J connectivity index is 2.36. The van der Waals surface area contributed by atoms with E-state index >= 15 is 0 Å². The van der Waals surface area contributed by atoms with Gasteiger partial charge in [0.2, 0.25) is 0 Å². The van der Waals surface area contributed by atoms with Gasteiger partial charge in [-0.3, -0.25) is 0 Å². The van der Waals surface area contributed by atoms with E-state index in [9.17, 15) is 4.79 Å². The van der Waals surface area contributed by atoms with E-state index in [-0.39, 0.29) is 12.3 Å². The Kier molecular flexibility index (Phi) is 4.56. The molecule has 114 valence electrons. The van der Waals surface area contributed by atoms with E-state index in [0.717, 1.165) is 18.2 Å². The fourth-order valence-electron chi connectivity index (χ4n) is 2.12. The summed E-state index contributed by atoms with van der Waals surface area (Å²) in [6, 6.07) is 0. The lowest BCUT2D eigenvalue weighted by Crippen LogP contribution is -2.13. The molecule has 0 spiro atoms. The summed E-state index contributed by atoms with van der Waals surface area (Å²) >= 11 is 0. The molecule has 0 aromatic carbocycles. The van der Waals surface area contributed by atoms with Crippen LogP contribution in [-0.4, -0.2) is 36.9 Å². The standard InChI is InChI=1S/C13H20N6O2/c1-4-9-16-11(13(20)21-6-3)12(14)19(9)7-10-17-15-8-18(10)5-2/h8H,4-7,14H2,1-3H3. The summed E-state index contributed by atoms with van der Waals surface area (Å²) in [5.74, 6) is 1.30. The number of nitrogen functional groups attached to an aromatic ring is 1. The van der Waals surface area contributed by atoms with Crippen molar-refractivity contribution < 1.29 is 9.53 Å². The molecule has 0 aliphatic heterocycles. The number of ether oxygens (including phenoxy) is 1. The van der Waals surface area contributed by atoms with Crippen LogP contribution in [0.5, 0.6) is 0 Å². The Bertz CT molecular complexity index is 631. The van der Waals surface area contributed by atoms with Gasteiger partial charge in [-0.15, -0.1) is 10.2 Å². The number of hydrogen-bond donors (Lipinski definition) is 1. The highest BCUT2D eigenvalue weighted by Crippen LogP contribution is 2.18. The van der Waals surface area contributed by atoms with Crippen LogP contribution in [0.3, 0.4) is 0 Å². The van der Waals surface area contributed by atoms with Gasteiger partial charge in [-0.1, -0.05) is 6.92 Å². The zero-order valence-corrected chi connectivity index (χ0v) is 12.5. The van der Waals surface area contributed by atoms with Crippen molar-refractivity contribution in [3.05, 3.63) is 23.7 Å². The molecule has 0 aliphatic carbocycles. The van der Waals surface area contributed by atoms with Crippen molar-refractivity contribution in [2.24, 2.45) is 0 Å². The van der Waals surface area contributed by atoms with E-state index in [4.69, 9.17) is 10.5 Å². The minimum absolute atomic E-state index is 0.163. The van der Waals surface area contributed by atoms with Gasteiger partial charge in [-0.05, 0) is 13.8 Å². The molecule has 0 radical (unpaired) electrons. The fraction of sp³-hybridized carbons (Fsp3) is 0.538. The molecular formula is C13H20N6O2. The normalized spacial score (nSPS) is 10.8. The third-order valence-corrected chi connectivity index (χ3v) is 3.21. The number of nitrogens with zero attached hydrogens (tertiary/aromatic N) is 5. The van der Waals surface area contributed by atoms with Crippen LogP contribution < -0.4 is 5.73 Å². The van der Waals surface area contributed by atoms with Crippen LogP contribution in [0.15, 0.2) is 6.33 Å². The third kappa shape index (κ3) is 2.88. The molecule has 2 N–H and O–H groups in total. The van der Waals surface area contributed by atoms with Gasteiger partial charge in [0, 0.05) is 13.0 Å². The number of aromatic nitrogens is 5. The minimum atomic E-state index is -0.500. The number of rotatable bonds is 6. The molecule has 0 fully saturated rings. The van der Waals surface area contributed by atoms with Crippen LogP contribution in [0.2, 0.25) is 0 Å². The number of anilines is 1. The lowest BCUT2D eigenvalue weighted by atomic mass is 10.4. The van der Waals surface area contributed by atoms with Gasteiger partial charge in [0.1, 0.15) is 18.0 Å². The quantitative estimate of drug-likeness (QED) is 0.793. The van der Waals surface area contributed by atoms with Crippen molar-refractivity contribution >= 4 is 11.8 Å². The van der Waals surface area contributed by atoms with E-state index in [1.807, 2.05) is 18.4 Å². The second-order valence-electron chi connectivity index (χ2n) is 4.46. The van der Waals surface area contributed by atoms with Crippen molar-refractivity contribution in [2.75, 3.05) is 12.3 Å². The van der Waals surface area contributed by atoms with Crippen LogP contribution in [0.25, 0.3) is 0 Å². The van der Waals surface area contributed by atoms with E-state index in [2.05, 4.69) is 15.2 Å². The molecule has 8 heteroatoms. The molecule has 21 heavy (non-hydrogen) atoms. The Morgan fingerprint density at radius 3 is 2.71 bits per heavy atom. The number of hydrogen-bond acceptors (Lipinski definition) is 6. The predicted octanol–water partition coefficient (Wildman–Crippen LogP) is 0.864. The molecule has 0 atom stereocenters. The van der Waals surface area contributed by atoms with Crippen molar-refractivity contribution in [1.82, 2.24) is 24.3 Å². The molecule has 0 saturated carbocycles. The van der Waals surface area contributed by atoms with Gasteiger partial charge >= 0.3 is 5.97 Å². The monoisotopic (exact) mass is 292 g/mol. The summed E-state index contributed by atoms with van der Waals surface area (Å²) in [7, 11) is 0. The molecule has 8 nitrogen and oxygen atoms in total. The van der Waals surface area contributed by atoms with Gasteiger partial charge in [0.05, 0.1) is 13.2 Å². The fourth-order valence-corrected chi connectivity index (χ4v) is 2.12. The maximum Gasteiger partial charge on any atom is 0.360 e. The Morgan fingerprint density at radius 2 is 2.10 bits per heavy atom. The third-order valence-electron chi connectivity index (χ3n) is 3.21. The molecule has 0 aliphatic rings. The predicted molar refractivity (Wildman–Crippen MR) is 76.8 cm³/mol. The minimum Gasteiger partial charge on any atom is -0.461 e. The highest BCUT2D eigenvalue weighted by Gasteiger charge is 2.21. The summed E-state index contributed by atoms with van der Waals surface area (Å²) in [5, 5.41) is 7.97. The van der Waals surface area contributed by atoms with Crippen LogP contribution >= 0.6 is 0 Å². The summed E-state index contributed by atoms with van der Waals surface area (Å²) in [6.07, 6.45) is 2.32. The Hall–Kier alpha value is -2.38. The maximum absolute atomic E-state index is 11.9. The number of aryl methyl sites for hydroxylation is 2. The zero-order valence-electron chi connectivity index (χ0n) is 12.5. The van der Waals surface area contributed by atoms with Crippen molar-refractivity contribution in [1.29, 1.82) is 0 Å². The SMILES string of the molecule is CCOC(=O)c1nc(CC)n(Cc2nncn2CC)c1N. The molecule has 2 rings (SSSR count). The van der Waals surface area contributed by atoms with Crippen LogP contribution in [0.1, 0.15) is 42.9 Å². The first kappa shape index (κ1) is 15.0. The van der Waals surface area contributed by atoms with Gasteiger partial charge < -0.3 is 19.6 Å². The average Bonchev–Trinajstić information content (AvgIpc) is 3.05. The van der Waals surface area contributed by atoms with Crippen LogP contribution in [0, 0.1) is 0 Å².